The maximum atomic E-state index is 13.6. The number of aliphatic hydroxyl groups is 1. The molecule has 0 saturated carbocycles. The summed E-state index contributed by atoms with van der Waals surface area (Å²) in [6.45, 7) is 3.31. The number of fused-ring (bicyclic) bond motifs is 3. The summed E-state index contributed by atoms with van der Waals surface area (Å²) in [5, 5.41) is 14.4. The van der Waals surface area contributed by atoms with Crippen LogP contribution in [0.3, 0.4) is 0 Å². The van der Waals surface area contributed by atoms with Crippen molar-refractivity contribution in [2.75, 3.05) is 0 Å². The molecular formula is C21H17ClN6O3. The van der Waals surface area contributed by atoms with Gasteiger partial charge in [-0.3, -0.25) is 18.7 Å². The van der Waals surface area contributed by atoms with E-state index in [0.29, 0.717) is 21.7 Å². The van der Waals surface area contributed by atoms with Crippen LogP contribution in [-0.2, 0) is 12.1 Å². The van der Waals surface area contributed by atoms with Crippen molar-refractivity contribution in [2.45, 2.75) is 26.0 Å². The fourth-order valence-corrected chi connectivity index (χ4v) is 3.73. The van der Waals surface area contributed by atoms with Crippen LogP contribution < -0.4 is 5.56 Å². The molecule has 0 amide bonds. The van der Waals surface area contributed by atoms with Gasteiger partial charge in [-0.05, 0) is 38.1 Å². The van der Waals surface area contributed by atoms with Crippen molar-refractivity contribution in [3.05, 3.63) is 75.8 Å². The van der Waals surface area contributed by atoms with E-state index in [2.05, 4.69) is 20.1 Å². The highest BCUT2D eigenvalue weighted by Gasteiger charge is 2.27. The molecule has 0 aliphatic rings. The van der Waals surface area contributed by atoms with Gasteiger partial charge >= 0.3 is 0 Å². The van der Waals surface area contributed by atoms with Crippen LogP contribution in [0.1, 0.15) is 25.4 Å². The number of nitrogens with zero attached hydrogens (tertiary/aromatic N) is 6. The van der Waals surface area contributed by atoms with E-state index in [1.165, 1.54) is 6.33 Å². The van der Waals surface area contributed by atoms with E-state index in [4.69, 9.17) is 16.1 Å². The smallest absolute Gasteiger partial charge is 0.279 e. The first kappa shape index (κ1) is 19.4. The summed E-state index contributed by atoms with van der Waals surface area (Å²) in [4.78, 5) is 26.6. The second kappa shape index (κ2) is 7.00. The lowest BCUT2D eigenvalue weighted by molar-refractivity contribution is 0.0661. The molecule has 0 aliphatic heterocycles. The number of hydrogen-bond acceptors (Lipinski definition) is 7. The second-order valence-electron chi connectivity index (χ2n) is 7.61. The van der Waals surface area contributed by atoms with Gasteiger partial charge < -0.3 is 9.63 Å². The maximum Gasteiger partial charge on any atom is 0.279 e. The average molecular weight is 437 g/mol. The molecule has 0 unspecified atom stereocenters. The summed E-state index contributed by atoms with van der Waals surface area (Å²) >= 11 is 6.50. The maximum absolute atomic E-state index is 13.6. The highest BCUT2D eigenvalue weighted by atomic mass is 35.5. The fraction of sp³-hybridized carbons (Fsp3) is 0.190. The van der Waals surface area contributed by atoms with Gasteiger partial charge in [0, 0.05) is 6.20 Å². The number of imidazole rings is 1. The van der Waals surface area contributed by atoms with Crippen molar-refractivity contribution >= 4 is 28.2 Å². The zero-order chi connectivity index (χ0) is 21.8. The molecule has 0 aliphatic carbocycles. The molecular weight excluding hydrogens is 420 g/mol. The lowest BCUT2D eigenvalue weighted by Gasteiger charge is -2.13. The first-order valence-electron chi connectivity index (χ1n) is 9.49. The van der Waals surface area contributed by atoms with Gasteiger partial charge in [-0.2, -0.15) is 4.98 Å². The minimum Gasteiger partial charge on any atom is -0.382 e. The average Bonchev–Trinajstić information content (AvgIpc) is 3.39. The van der Waals surface area contributed by atoms with E-state index in [1.54, 1.807) is 41.1 Å². The predicted octanol–water partition coefficient (Wildman–Crippen LogP) is 3.02. The topological polar surface area (TPSA) is 111 Å². The summed E-state index contributed by atoms with van der Waals surface area (Å²) in [7, 11) is 0. The molecule has 4 aromatic heterocycles. The Bertz CT molecular complexity index is 1480. The van der Waals surface area contributed by atoms with Gasteiger partial charge in [0.05, 0.1) is 28.3 Å². The lowest BCUT2D eigenvalue weighted by atomic mass is 10.1. The van der Waals surface area contributed by atoms with Crippen molar-refractivity contribution < 1.29 is 9.63 Å². The molecule has 0 radical (unpaired) electrons. The quantitative estimate of drug-likeness (QED) is 0.461. The number of halogens is 1. The van der Waals surface area contributed by atoms with Crippen LogP contribution in [-0.4, -0.2) is 34.2 Å². The van der Waals surface area contributed by atoms with Crippen molar-refractivity contribution in [1.29, 1.82) is 0 Å². The van der Waals surface area contributed by atoms with Gasteiger partial charge in [-0.1, -0.05) is 28.9 Å². The van der Waals surface area contributed by atoms with Crippen molar-refractivity contribution in [1.82, 2.24) is 29.1 Å². The Morgan fingerprint density at radius 3 is 2.68 bits per heavy atom. The number of rotatable bonds is 4. The first-order valence-corrected chi connectivity index (χ1v) is 9.87. The SMILES string of the molecule is CC(C)(O)c1noc(-c2ncn3c2c(=O)n(Cc2ccccn2)c2c(Cl)cccc23)n1. The van der Waals surface area contributed by atoms with Crippen LogP contribution in [0, 0.1) is 0 Å². The van der Waals surface area contributed by atoms with Crippen molar-refractivity contribution in [3.63, 3.8) is 0 Å². The molecule has 1 aromatic carbocycles. The predicted molar refractivity (Wildman–Crippen MR) is 114 cm³/mol. The molecule has 156 valence electrons. The standard InChI is InChI=1S/C21H17ClN6O3/c1-21(2,30)20-25-18(31-26-20)15-17-19(29)27(10-12-6-3-4-9-23-12)16-13(22)7-5-8-14(16)28(17)11-24-15/h3-9,11,30H,10H2,1-2H3. The van der Waals surface area contributed by atoms with E-state index in [9.17, 15) is 9.90 Å². The van der Waals surface area contributed by atoms with E-state index in [1.807, 2.05) is 24.3 Å². The third-order valence-corrected chi connectivity index (χ3v) is 5.24. The van der Waals surface area contributed by atoms with E-state index in [0.717, 1.165) is 0 Å². The van der Waals surface area contributed by atoms with Gasteiger partial charge in [-0.25, -0.2) is 4.98 Å². The van der Waals surface area contributed by atoms with Crippen LogP contribution >= 0.6 is 11.6 Å². The van der Waals surface area contributed by atoms with Crippen LogP contribution in [0.25, 0.3) is 28.1 Å². The first-order chi connectivity index (χ1) is 14.8. The van der Waals surface area contributed by atoms with Crippen molar-refractivity contribution in [2.24, 2.45) is 0 Å². The van der Waals surface area contributed by atoms with E-state index < -0.39 is 5.60 Å². The third kappa shape index (κ3) is 3.18. The molecule has 9 nitrogen and oxygen atoms in total. The summed E-state index contributed by atoms with van der Waals surface area (Å²) in [6.07, 6.45) is 3.19. The van der Waals surface area contributed by atoms with Crippen LogP contribution in [0.2, 0.25) is 5.02 Å². The molecule has 0 fully saturated rings. The number of pyridine rings is 1. The minimum atomic E-state index is -1.29. The van der Waals surface area contributed by atoms with Gasteiger partial charge in [0.1, 0.15) is 17.4 Å². The molecule has 4 heterocycles. The zero-order valence-corrected chi connectivity index (χ0v) is 17.4. The Balaban J connectivity index is 1.81. The largest absolute Gasteiger partial charge is 0.382 e. The third-order valence-electron chi connectivity index (χ3n) is 4.93. The van der Waals surface area contributed by atoms with Crippen LogP contribution in [0.4, 0.5) is 0 Å². The van der Waals surface area contributed by atoms with Crippen molar-refractivity contribution in [3.8, 4) is 11.6 Å². The molecule has 0 saturated heterocycles. The molecule has 31 heavy (non-hydrogen) atoms. The van der Waals surface area contributed by atoms with E-state index in [-0.39, 0.29) is 35.0 Å². The Morgan fingerprint density at radius 2 is 1.97 bits per heavy atom. The Morgan fingerprint density at radius 1 is 1.13 bits per heavy atom. The Hall–Kier alpha value is -3.56. The molecule has 0 atom stereocenters. The molecule has 5 aromatic rings. The lowest BCUT2D eigenvalue weighted by Crippen LogP contribution is -2.24. The molecule has 0 bridgehead atoms. The summed E-state index contributed by atoms with van der Waals surface area (Å²) in [5.74, 6) is 0.142. The van der Waals surface area contributed by atoms with Gasteiger partial charge in [0.15, 0.2) is 5.69 Å². The Labute approximate surface area is 180 Å². The van der Waals surface area contributed by atoms with Crippen LogP contribution in [0.15, 0.2) is 58.2 Å². The minimum absolute atomic E-state index is 0.0440. The normalized spacial score (nSPS) is 12.1. The van der Waals surface area contributed by atoms with Gasteiger partial charge in [0.2, 0.25) is 5.82 Å². The highest BCUT2D eigenvalue weighted by Crippen LogP contribution is 2.28. The number of para-hydroxylation sites is 1. The number of aromatic nitrogens is 6. The monoisotopic (exact) mass is 436 g/mol. The highest BCUT2D eigenvalue weighted by molar-refractivity contribution is 6.35. The zero-order valence-electron chi connectivity index (χ0n) is 16.7. The Kier molecular flexibility index (Phi) is 4.38. The van der Waals surface area contributed by atoms with Gasteiger partial charge in [0.25, 0.3) is 11.4 Å². The molecule has 1 N–H and O–H groups in total. The second-order valence-corrected chi connectivity index (χ2v) is 8.02. The summed E-state index contributed by atoms with van der Waals surface area (Å²) in [5.41, 5.74) is 0.829. The molecule has 0 spiro atoms. The fourth-order valence-electron chi connectivity index (χ4n) is 3.46. The number of hydrogen-bond donors (Lipinski definition) is 1. The summed E-state index contributed by atoms with van der Waals surface area (Å²) < 4.78 is 8.53. The number of benzene rings is 1. The molecule has 10 heteroatoms. The van der Waals surface area contributed by atoms with Gasteiger partial charge in [-0.15, -0.1) is 0 Å². The van der Waals surface area contributed by atoms with Crippen LogP contribution in [0.5, 0.6) is 0 Å². The molecule has 5 rings (SSSR count). The summed E-state index contributed by atoms with van der Waals surface area (Å²) in [6, 6.07) is 10.9. The van der Waals surface area contributed by atoms with E-state index >= 15 is 0 Å².